The summed E-state index contributed by atoms with van der Waals surface area (Å²) in [5.74, 6) is 0. The van der Waals surface area contributed by atoms with Crippen LogP contribution in [0.4, 0.5) is 0 Å². The van der Waals surface area contributed by atoms with Crippen LogP contribution in [-0.4, -0.2) is 4.98 Å². The summed E-state index contributed by atoms with van der Waals surface area (Å²) in [7, 11) is 0. The van der Waals surface area contributed by atoms with Gasteiger partial charge in [0.25, 0.3) is 0 Å². The minimum atomic E-state index is 1.06. The van der Waals surface area contributed by atoms with Crippen LogP contribution in [0, 0.1) is 6.92 Å². The van der Waals surface area contributed by atoms with Crippen LogP contribution in [0.3, 0.4) is 0 Å². The van der Waals surface area contributed by atoms with Crippen LogP contribution in [0.15, 0.2) is 48.2 Å². The molecule has 0 unspecified atom stereocenters. The Bertz CT molecular complexity index is 535. The van der Waals surface area contributed by atoms with Crippen molar-refractivity contribution in [1.29, 1.82) is 0 Å². The molecule has 0 aliphatic carbocycles. The van der Waals surface area contributed by atoms with E-state index in [9.17, 15) is 0 Å². The molecule has 2 rings (SSSR count). The molecule has 86 valence electrons. The zero-order chi connectivity index (χ0) is 12.3. The third-order valence-electron chi connectivity index (χ3n) is 2.65. The Labute approximate surface area is 103 Å². The second kappa shape index (κ2) is 4.96. The van der Waals surface area contributed by atoms with Crippen molar-refractivity contribution in [2.24, 2.45) is 0 Å². The first-order chi connectivity index (χ1) is 8.16. The molecule has 1 heteroatoms. The highest BCUT2D eigenvalue weighted by Crippen LogP contribution is 2.21. The Hall–Kier alpha value is -1.89. The maximum Gasteiger partial charge on any atom is 0.0658 e. The monoisotopic (exact) mass is 223 g/mol. The molecule has 1 nitrogen and oxygen atoms in total. The Morgan fingerprint density at radius 3 is 2.35 bits per heavy atom. The molecule has 0 amide bonds. The van der Waals surface area contributed by atoms with Crippen molar-refractivity contribution in [2.45, 2.75) is 20.8 Å². The molecule has 17 heavy (non-hydrogen) atoms. The minimum absolute atomic E-state index is 1.06. The fourth-order valence-corrected chi connectivity index (χ4v) is 1.80. The van der Waals surface area contributed by atoms with Crippen LogP contribution in [0.1, 0.15) is 25.1 Å². The minimum Gasteiger partial charge on any atom is -0.256 e. The van der Waals surface area contributed by atoms with E-state index in [1.807, 2.05) is 12.3 Å². The normalized spacial score (nSPS) is 10.1. The SMILES string of the molecule is CC(C)=Cc1ncc(-c2ccccc2)cc1C. The lowest BCUT2D eigenvalue weighted by molar-refractivity contribution is 1.23. The van der Waals surface area contributed by atoms with E-state index < -0.39 is 0 Å². The van der Waals surface area contributed by atoms with Crippen molar-refractivity contribution in [1.82, 2.24) is 4.98 Å². The highest BCUT2D eigenvalue weighted by atomic mass is 14.7. The number of aromatic nitrogens is 1. The van der Waals surface area contributed by atoms with Crippen molar-refractivity contribution >= 4 is 6.08 Å². The molecule has 0 aliphatic rings. The molecule has 0 radical (unpaired) electrons. The van der Waals surface area contributed by atoms with Crippen LogP contribution in [0.5, 0.6) is 0 Å². The summed E-state index contributed by atoms with van der Waals surface area (Å²) in [6.07, 6.45) is 4.06. The molecule has 0 N–H and O–H groups in total. The third kappa shape index (κ3) is 2.82. The first-order valence-electron chi connectivity index (χ1n) is 5.84. The highest BCUT2D eigenvalue weighted by molar-refractivity contribution is 5.65. The number of nitrogens with zero attached hydrogens (tertiary/aromatic N) is 1. The van der Waals surface area contributed by atoms with E-state index in [-0.39, 0.29) is 0 Å². The quantitative estimate of drug-likeness (QED) is 0.731. The Morgan fingerprint density at radius 1 is 1.06 bits per heavy atom. The number of pyridine rings is 1. The van der Waals surface area contributed by atoms with Crippen molar-refractivity contribution < 1.29 is 0 Å². The molecular formula is C16H17N. The van der Waals surface area contributed by atoms with E-state index >= 15 is 0 Å². The fourth-order valence-electron chi connectivity index (χ4n) is 1.80. The van der Waals surface area contributed by atoms with E-state index in [0.29, 0.717) is 0 Å². The van der Waals surface area contributed by atoms with Gasteiger partial charge in [0.2, 0.25) is 0 Å². The second-order valence-electron chi connectivity index (χ2n) is 4.51. The van der Waals surface area contributed by atoms with Crippen molar-refractivity contribution in [3.05, 3.63) is 59.4 Å². The van der Waals surface area contributed by atoms with Gasteiger partial charge in [-0.2, -0.15) is 0 Å². The first-order valence-corrected chi connectivity index (χ1v) is 5.84. The summed E-state index contributed by atoms with van der Waals surface area (Å²) in [6, 6.07) is 12.5. The summed E-state index contributed by atoms with van der Waals surface area (Å²) in [4.78, 5) is 4.52. The van der Waals surface area contributed by atoms with Crippen LogP contribution in [0.25, 0.3) is 17.2 Å². The van der Waals surface area contributed by atoms with E-state index in [1.54, 1.807) is 0 Å². The molecule has 0 bridgehead atoms. The van der Waals surface area contributed by atoms with E-state index in [0.717, 1.165) is 5.69 Å². The lowest BCUT2D eigenvalue weighted by atomic mass is 10.0. The van der Waals surface area contributed by atoms with Gasteiger partial charge in [0.05, 0.1) is 5.69 Å². The van der Waals surface area contributed by atoms with Gasteiger partial charge >= 0.3 is 0 Å². The third-order valence-corrected chi connectivity index (χ3v) is 2.65. The number of benzene rings is 1. The summed E-state index contributed by atoms with van der Waals surface area (Å²) in [6.45, 7) is 6.28. The average Bonchev–Trinajstić information content (AvgIpc) is 2.32. The largest absolute Gasteiger partial charge is 0.256 e. The van der Waals surface area contributed by atoms with E-state index in [4.69, 9.17) is 0 Å². The number of rotatable bonds is 2. The first kappa shape index (κ1) is 11.6. The molecule has 1 aromatic heterocycles. The predicted octanol–water partition coefficient (Wildman–Crippen LogP) is 4.48. The highest BCUT2D eigenvalue weighted by Gasteiger charge is 2.01. The maximum absolute atomic E-state index is 4.52. The van der Waals surface area contributed by atoms with Crippen LogP contribution >= 0.6 is 0 Å². The standard InChI is InChI=1S/C16H17N/c1-12(2)9-16-13(3)10-15(11-17-16)14-7-5-4-6-8-14/h4-11H,1-3H3. The average molecular weight is 223 g/mol. The molecule has 0 atom stereocenters. The molecule has 0 fully saturated rings. The zero-order valence-corrected chi connectivity index (χ0v) is 10.6. The second-order valence-corrected chi connectivity index (χ2v) is 4.51. The number of hydrogen-bond acceptors (Lipinski definition) is 1. The zero-order valence-electron chi connectivity index (χ0n) is 10.6. The van der Waals surface area contributed by atoms with E-state index in [2.05, 4.69) is 62.2 Å². The molecule has 1 aromatic carbocycles. The van der Waals surface area contributed by atoms with Gasteiger partial charge in [-0.25, -0.2) is 0 Å². The Morgan fingerprint density at radius 2 is 1.76 bits per heavy atom. The molecular weight excluding hydrogens is 206 g/mol. The van der Waals surface area contributed by atoms with Gasteiger partial charge in [0.15, 0.2) is 0 Å². The van der Waals surface area contributed by atoms with Gasteiger partial charge in [-0.05, 0) is 44.0 Å². The van der Waals surface area contributed by atoms with Crippen LogP contribution < -0.4 is 0 Å². The number of aryl methyl sites for hydroxylation is 1. The number of hydrogen-bond donors (Lipinski definition) is 0. The molecule has 2 aromatic rings. The number of allylic oxidation sites excluding steroid dienone is 1. The summed E-state index contributed by atoms with van der Waals surface area (Å²) in [5, 5.41) is 0. The topological polar surface area (TPSA) is 12.9 Å². The predicted molar refractivity (Wildman–Crippen MR) is 73.7 cm³/mol. The summed E-state index contributed by atoms with van der Waals surface area (Å²) >= 11 is 0. The van der Waals surface area contributed by atoms with Gasteiger partial charge in [-0.15, -0.1) is 0 Å². The van der Waals surface area contributed by atoms with Gasteiger partial charge in [-0.3, -0.25) is 4.98 Å². The maximum atomic E-state index is 4.52. The summed E-state index contributed by atoms with van der Waals surface area (Å²) < 4.78 is 0. The van der Waals surface area contributed by atoms with Crippen molar-refractivity contribution in [2.75, 3.05) is 0 Å². The van der Waals surface area contributed by atoms with Gasteiger partial charge in [0.1, 0.15) is 0 Å². The van der Waals surface area contributed by atoms with Crippen molar-refractivity contribution in [3.63, 3.8) is 0 Å². The smallest absolute Gasteiger partial charge is 0.0658 e. The Kier molecular flexibility index (Phi) is 3.38. The molecule has 0 aliphatic heterocycles. The molecule has 0 saturated carbocycles. The van der Waals surface area contributed by atoms with Gasteiger partial charge < -0.3 is 0 Å². The lowest BCUT2D eigenvalue weighted by Gasteiger charge is -2.05. The van der Waals surface area contributed by atoms with Crippen LogP contribution in [-0.2, 0) is 0 Å². The van der Waals surface area contributed by atoms with Gasteiger partial charge in [0, 0.05) is 11.8 Å². The van der Waals surface area contributed by atoms with Crippen LogP contribution in [0.2, 0.25) is 0 Å². The lowest BCUT2D eigenvalue weighted by Crippen LogP contribution is -1.89. The fraction of sp³-hybridized carbons (Fsp3) is 0.188. The Balaban J connectivity index is 2.41. The molecule has 0 spiro atoms. The molecule has 1 heterocycles. The molecule has 0 saturated heterocycles. The van der Waals surface area contributed by atoms with E-state index in [1.165, 1.54) is 22.3 Å². The van der Waals surface area contributed by atoms with Crippen molar-refractivity contribution in [3.8, 4) is 11.1 Å². The van der Waals surface area contributed by atoms with Gasteiger partial charge in [-0.1, -0.05) is 35.9 Å². The summed E-state index contributed by atoms with van der Waals surface area (Å²) in [5.41, 5.74) is 5.94.